The molecular formula is C11H11N2O2S. The molecule has 0 saturated carbocycles. The number of hydrogen-bond acceptors (Lipinski definition) is 3. The van der Waals surface area contributed by atoms with Crippen LogP contribution < -0.4 is 10.5 Å². The van der Waals surface area contributed by atoms with Crippen molar-refractivity contribution in [2.45, 2.75) is 4.90 Å². The van der Waals surface area contributed by atoms with E-state index in [-0.39, 0.29) is 4.90 Å². The minimum atomic E-state index is -3.98. The van der Waals surface area contributed by atoms with Crippen molar-refractivity contribution in [3.05, 3.63) is 36.4 Å². The predicted octanol–water partition coefficient (Wildman–Crippen LogP) is 1.85. The molecule has 0 spiro atoms. The lowest BCUT2D eigenvalue weighted by Gasteiger charge is -2.09. The van der Waals surface area contributed by atoms with E-state index in [1.807, 2.05) is 18.2 Å². The second-order valence-corrected chi connectivity index (χ2v) is 4.83. The molecule has 83 valence electrons. The predicted molar refractivity (Wildman–Crippen MR) is 63.8 cm³/mol. The van der Waals surface area contributed by atoms with Gasteiger partial charge >= 0.3 is 0 Å². The molecule has 0 heterocycles. The van der Waals surface area contributed by atoms with E-state index in [4.69, 9.17) is 5.14 Å². The van der Waals surface area contributed by atoms with Crippen LogP contribution in [0, 0.1) is 0 Å². The highest BCUT2D eigenvalue weighted by molar-refractivity contribution is 7.89. The molecular weight excluding hydrogens is 224 g/mol. The molecule has 0 unspecified atom stereocenters. The standard InChI is InChI=1S/C11H11N2O2S/c1-13-10-7-6-8-4-2-3-5-9(8)11(10)16(12,14)15/h2-7,12-13H,1H3. The summed E-state index contributed by atoms with van der Waals surface area (Å²) in [6.07, 6.45) is 0. The Labute approximate surface area is 94.1 Å². The molecule has 1 radical (unpaired) electrons. The van der Waals surface area contributed by atoms with Crippen LogP contribution in [0.4, 0.5) is 5.69 Å². The SMILES string of the molecule is CNc1ccc2ccccc2c1S([NH])(=O)=O. The summed E-state index contributed by atoms with van der Waals surface area (Å²) < 4.78 is 22.9. The normalized spacial score (nSPS) is 11.6. The molecule has 0 aliphatic carbocycles. The minimum Gasteiger partial charge on any atom is -0.387 e. The summed E-state index contributed by atoms with van der Waals surface area (Å²) in [6, 6.07) is 10.6. The van der Waals surface area contributed by atoms with E-state index in [0.29, 0.717) is 11.1 Å². The van der Waals surface area contributed by atoms with Crippen molar-refractivity contribution < 1.29 is 8.42 Å². The molecule has 4 nitrogen and oxygen atoms in total. The topological polar surface area (TPSA) is 70.0 Å². The van der Waals surface area contributed by atoms with Gasteiger partial charge < -0.3 is 5.32 Å². The summed E-state index contributed by atoms with van der Waals surface area (Å²) in [4.78, 5) is 0.0353. The van der Waals surface area contributed by atoms with E-state index in [2.05, 4.69) is 5.32 Å². The van der Waals surface area contributed by atoms with Gasteiger partial charge in [0.1, 0.15) is 4.90 Å². The van der Waals surface area contributed by atoms with Gasteiger partial charge in [-0.3, -0.25) is 0 Å². The summed E-state index contributed by atoms with van der Waals surface area (Å²) in [5.41, 5.74) is 0.453. The second kappa shape index (κ2) is 3.77. The lowest BCUT2D eigenvalue weighted by Crippen LogP contribution is -2.05. The maximum atomic E-state index is 11.5. The van der Waals surface area contributed by atoms with Crippen LogP contribution in [0.2, 0.25) is 0 Å². The number of anilines is 1. The lowest BCUT2D eigenvalue weighted by molar-refractivity contribution is 0.597. The van der Waals surface area contributed by atoms with E-state index in [9.17, 15) is 8.42 Å². The molecule has 2 aromatic carbocycles. The number of fused-ring (bicyclic) bond motifs is 1. The summed E-state index contributed by atoms with van der Waals surface area (Å²) in [6.45, 7) is 0. The Morgan fingerprint density at radius 1 is 1.12 bits per heavy atom. The van der Waals surface area contributed by atoms with Crippen molar-refractivity contribution >= 4 is 26.5 Å². The average molecular weight is 235 g/mol. The molecule has 0 saturated heterocycles. The molecule has 0 bridgehead atoms. The van der Waals surface area contributed by atoms with Gasteiger partial charge in [0.15, 0.2) is 0 Å². The molecule has 16 heavy (non-hydrogen) atoms. The van der Waals surface area contributed by atoms with Crippen LogP contribution in [-0.4, -0.2) is 15.5 Å². The van der Waals surface area contributed by atoms with Crippen LogP contribution in [-0.2, 0) is 10.0 Å². The highest BCUT2D eigenvalue weighted by Gasteiger charge is 2.17. The molecule has 2 N–H and O–H groups in total. The van der Waals surface area contributed by atoms with Gasteiger partial charge in [0.05, 0.1) is 5.69 Å². The Hall–Kier alpha value is -1.59. The van der Waals surface area contributed by atoms with Crippen molar-refractivity contribution in [1.82, 2.24) is 5.14 Å². The Kier molecular flexibility index (Phi) is 2.57. The number of sulfonamides is 1. The average Bonchev–Trinajstić information content (AvgIpc) is 2.26. The van der Waals surface area contributed by atoms with Crippen molar-refractivity contribution in [3.63, 3.8) is 0 Å². The van der Waals surface area contributed by atoms with E-state index in [1.165, 1.54) is 0 Å². The Morgan fingerprint density at radius 3 is 2.44 bits per heavy atom. The van der Waals surface area contributed by atoms with Crippen LogP contribution in [0.15, 0.2) is 41.3 Å². The molecule has 0 fully saturated rings. The van der Waals surface area contributed by atoms with E-state index in [0.717, 1.165) is 5.39 Å². The maximum absolute atomic E-state index is 11.5. The summed E-state index contributed by atoms with van der Waals surface area (Å²) in [7, 11) is -2.35. The van der Waals surface area contributed by atoms with Crippen LogP contribution in [0.1, 0.15) is 0 Å². The third kappa shape index (κ3) is 1.75. The van der Waals surface area contributed by atoms with E-state index >= 15 is 0 Å². The van der Waals surface area contributed by atoms with Crippen LogP contribution in [0.25, 0.3) is 10.8 Å². The van der Waals surface area contributed by atoms with Gasteiger partial charge in [-0.15, -0.1) is 5.14 Å². The molecule has 0 aromatic heterocycles. The fourth-order valence-corrected chi connectivity index (χ4v) is 2.66. The molecule has 5 heteroatoms. The van der Waals surface area contributed by atoms with Crippen LogP contribution in [0.3, 0.4) is 0 Å². The maximum Gasteiger partial charge on any atom is 0.256 e. The smallest absolute Gasteiger partial charge is 0.256 e. The van der Waals surface area contributed by atoms with Gasteiger partial charge in [-0.25, -0.2) is 8.42 Å². The third-order valence-electron chi connectivity index (χ3n) is 2.42. The first-order chi connectivity index (χ1) is 7.54. The first-order valence-electron chi connectivity index (χ1n) is 4.73. The van der Waals surface area contributed by atoms with E-state index < -0.39 is 10.0 Å². The molecule has 0 aliphatic heterocycles. The number of hydrogen-bond donors (Lipinski definition) is 1. The monoisotopic (exact) mass is 235 g/mol. The van der Waals surface area contributed by atoms with Gasteiger partial charge in [-0.1, -0.05) is 30.3 Å². The van der Waals surface area contributed by atoms with Gasteiger partial charge in [0.2, 0.25) is 0 Å². The lowest BCUT2D eigenvalue weighted by atomic mass is 10.1. The fraction of sp³-hybridized carbons (Fsp3) is 0.0909. The van der Waals surface area contributed by atoms with Gasteiger partial charge in [0, 0.05) is 12.4 Å². The first-order valence-corrected chi connectivity index (χ1v) is 6.21. The molecule has 0 atom stereocenters. The largest absolute Gasteiger partial charge is 0.387 e. The highest BCUT2D eigenvalue weighted by Crippen LogP contribution is 2.29. The zero-order valence-electron chi connectivity index (χ0n) is 8.69. The zero-order valence-corrected chi connectivity index (χ0v) is 9.51. The third-order valence-corrected chi connectivity index (χ3v) is 3.39. The van der Waals surface area contributed by atoms with Crippen molar-refractivity contribution in [1.29, 1.82) is 0 Å². The quantitative estimate of drug-likeness (QED) is 0.863. The van der Waals surface area contributed by atoms with Crippen molar-refractivity contribution in [2.24, 2.45) is 0 Å². The summed E-state index contributed by atoms with van der Waals surface area (Å²) in [5.74, 6) is 0. The molecule has 0 aliphatic rings. The summed E-state index contributed by atoms with van der Waals surface area (Å²) in [5, 5.41) is 11.4. The Balaban J connectivity index is 2.95. The first kappa shape index (κ1) is 10.9. The Bertz CT molecular complexity index is 635. The minimum absolute atomic E-state index is 0.0353. The summed E-state index contributed by atoms with van der Waals surface area (Å²) >= 11 is 0. The van der Waals surface area contributed by atoms with Crippen molar-refractivity contribution in [2.75, 3.05) is 12.4 Å². The van der Waals surface area contributed by atoms with Crippen molar-refractivity contribution in [3.8, 4) is 0 Å². The van der Waals surface area contributed by atoms with Crippen LogP contribution >= 0.6 is 0 Å². The molecule has 0 amide bonds. The number of rotatable bonds is 2. The zero-order chi connectivity index (χ0) is 11.8. The van der Waals surface area contributed by atoms with E-state index in [1.54, 1.807) is 25.2 Å². The molecule has 2 rings (SSSR count). The number of nitrogens with one attached hydrogen (secondary N) is 2. The van der Waals surface area contributed by atoms with Gasteiger partial charge in [-0.2, -0.15) is 0 Å². The highest BCUT2D eigenvalue weighted by atomic mass is 32.2. The van der Waals surface area contributed by atoms with Crippen LogP contribution in [0.5, 0.6) is 0 Å². The number of benzene rings is 2. The van der Waals surface area contributed by atoms with Gasteiger partial charge in [-0.05, 0) is 11.5 Å². The molecule has 2 aromatic rings. The fourth-order valence-electron chi connectivity index (χ4n) is 1.73. The van der Waals surface area contributed by atoms with Gasteiger partial charge in [0.25, 0.3) is 10.0 Å². The Morgan fingerprint density at radius 2 is 1.81 bits per heavy atom. The second-order valence-electron chi connectivity index (χ2n) is 3.42.